The van der Waals surface area contributed by atoms with E-state index in [1.165, 1.54) is 0 Å². The lowest BCUT2D eigenvalue weighted by atomic mass is 10.3. The van der Waals surface area contributed by atoms with E-state index in [-0.39, 0.29) is 37.1 Å². The van der Waals surface area contributed by atoms with E-state index < -0.39 is 0 Å². The summed E-state index contributed by atoms with van der Waals surface area (Å²) in [5.41, 5.74) is 1.28. The first kappa shape index (κ1) is 21.3. The van der Waals surface area contributed by atoms with Crippen molar-refractivity contribution in [2.24, 2.45) is 0 Å². The van der Waals surface area contributed by atoms with Crippen LogP contribution in [0, 0.1) is 0 Å². The molecular formula is C13H18Cl4N4O. The Morgan fingerprint density at radius 3 is 2.68 bits per heavy atom. The Kier molecular flexibility index (Phi) is 9.12. The van der Waals surface area contributed by atoms with Crippen LogP contribution in [-0.2, 0) is 11.2 Å². The number of nitrogens with one attached hydrogen (secondary N) is 1. The molecule has 0 aliphatic heterocycles. The molecule has 124 valence electrons. The van der Waals surface area contributed by atoms with Crippen molar-refractivity contribution in [2.75, 3.05) is 27.2 Å². The molecule has 2 aromatic heterocycles. The van der Waals surface area contributed by atoms with Crippen LogP contribution in [0.5, 0.6) is 0 Å². The first-order valence-corrected chi connectivity index (χ1v) is 6.98. The summed E-state index contributed by atoms with van der Waals surface area (Å²) >= 11 is 12.0. The topological polar surface area (TPSA) is 49.6 Å². The highest BCUT2D eigenvalue weighted by molar-refractivity contribution is 6.36. The Morgan fingerprint density at radius 1 is 1.36 bits per heavy atom. The van der Waals surface area contributed by atoms with Crippen LogP contribution in [0.3, 0.4) is 0 Å². The normalized spacial score (nSPS) is 10.0. The number of nitrogens with zero attached hydrogens (tertiary/aromatic N) is 3. The predicted octanol–water partition coefficient (Wildman–Crippen LogP) is 2.71. The molecule has 2 heterocycles. The number of fused-ring (bicyclic) bond motifs is 1. The second-order valence-electron chi connectivity index (χ2n) is 4.57. The number of aromatic nitrogens is 2. The second kappa shape index (κ2) is 9.43. The molecule has 0 atom stereocenters. The van der Waals surface area contributed by atoms with E-state index in [4.69, 9.17) is 23.2 Å². The van der Waals surface area contributed by atoms with Gasteiger partial charge in [-0.3, -0.25) is 4.79 Å². The van der Waals surface area contributed by atoms with Crippen LogP contribution in [-0.4, -0.2) is 47.4 Å². The quantitative estimate of drug-likeness (QED) is 0.857. The van der Waals surface area contributed by atoms with Gasteiger partial charge in [0, 0.05) is 32.5 Å². The molecule has 0 spiro atoms. The molecule has 9 heteroatoms. The van der Waals surface area contributed by atoms with Crippen LogP contribution in [0.4, 0.5) is 0 Å². The molecule has 5 nitrogen and oxygen atoms in total. The molecule has 0 saturated carbocycles. The average Bonchev–Trinajstić information content (AvgIpc) is 2.78. The van der Waals surface area contributed by atoms with E-state index in [0.717, 1.165) is 6.54 Å². The summed E-state index contributed by atoms with van der Waals surface area (Å²) < 4.78 is 1.74. The molecule has 0 unspecified atom stereocenters. The Hall–Kier alpha value is -0.720. The third-order valence-electron chi connectivity index (χ3n) is 2.98. The molecule has 22 heavy (non-hydrogen) atoms. The van der Waals surface area contributed by atoms with Crippen LogP contribution in [0.25, 0.3) is 5.65 Å². The number of carbonyl (C=O) groups is 1. The highest BCUT2D eigenvalue weighted by atomic mass is 35.5. The number of imidazole rings is 1. The standard InChI is InChI=1S/C13H16Cl2N4O.2ClH/c1-16-3-4-18(2)12(20)6-10-8-19-7-9(14)5-11(15)13(19)17-10;;/h5,7-8,16H,3-4,6H2,1-2H3;2*1H. The van der Waals surface area contributed by atoms with Gasteiger partial charge in [0.2, 0.25) is 5.91 Å². The van der Waals surface area contributed by atoms with Gasteiger partial charge in [-0.25, -0.2) is 4.98 Å². The number of pyridine rings is 1. The Balaban J connectivity index is 0.00000220. The van der Waals surface area contributed by atoms with Gasteiger partial charge < -0.3 is 14.6 Å². The van der Waals surface area contributed by atoms with Crippen LogP contribution >= 0.6 is 48.0 Å². The fourth-order valence-electron chi connectivity index (χ4n) is 1.85. The van der Waals surface area contributed by atoms with E-state index in [1.54, 1.807) is 34.8 Å². The molecule has 2 aromatic rings. The lowest BCUT2D eigenvalue weighted by Crippen LogP contribution is -2.33. The first-order chi connectivity index (χ1) is 9.51. The van der Waals surface area contributed by atoms with Gasteiger partial charge in [0.1, 0.15) is 0 Å². The summed E-state index contributed by atoms with van der Waals surface area (Å²) in [6, 6.07) is 1.64. The molecule has 2 rings (SSSR count). The monoisotopic (exact) mass is 386 g/mol. The van der Waals surface area contributed by atoms with Gasteiger partial charge in [0.15, 0.2) is 5.65 Å². The minimum atomic E-state index is 0. The molecule has 0 aromatic carbocycles. The maximum atomic E-state index is 12.0. The first-order valence-electron chi connectivity index (χ1n) is 6.22. The van der Waals surface area contributed by atoms with Crippen molar-refractivity contribution in [3.05, 3.63) is 34.2 Å². The highest BCUT2D eigenvalue weighted by Gasteiger charge is 2.13. The summed E-state index contributed by atoms with van der Waals surface area (Å²) in [6.45, 7) is 1.42. The van der Waals surface area contributed by atoms with Crippen molar-refractivity contribution in [1.29, 1.82) is 0 Å². The molecule has 0 radical (unpaired) electrons. The van der Waals surface area contributed by atoms with Crippen molar-refractivity contribution >= 4 is 59.6 Å². The Morgan fingerprint density at radius 2 is 2.05 bits per heavy atom. The van der Waals surface area contributed by atoms with Gasteiger partial charge in [0.05, 0.1) is 22.2 Å². The number of halogens is 4. The maximum Gasteiger partial charge on any atom is 0.228 e. The molecule has 0 aliphatic rings. The van der Waals surface area contributed by atoms with Crippen molar-refractivity contribution in [3.63, 3.8) is 0 Å². The third-order valence-corrected chi connectivity index (χ3v) is 3.46. The maximum absolute atomic E-state index is 12.0. The van der Waals surface area contributed by atoms with Gasteiger partial charge in [-0.05, 0) is 13.1 Å². The van der Waals surface area contributed by atoms with Gasteiger partial charge in [-0.2, -0.15) is 0 Å². The molecule has 0 saturated heterocycles. The average molecular weight is 388 g/mol. The van der Waals surface area contributed by atoms with E-state index >= 15 is 0 Å². The van der Waals surface area contributed by atoms with Gasteiger partial charge >= 0.3 is 0 Å². The lowest BCUT2D eigenvalue weighted by molar-refractivity contribution is -0.129. The number of hydrogen-bond donors (Lipinski definition) is 1. The van der Waals surface area contributed by atoms with Crippen LogP contribution in [0.15, 0.2) is 18.5 Å². The van der Waals surface area contributed by atoms with E-state index in [2.05, 4.69) is 10.3 Å². The molecule has 0 fully saturated rings. The smallest absolute Gasteiger partial charge is 0.228 e. The number of likely N-dealkylation sites (N-methyl/N-ethyl adjacent to an activating group) is 2. The number of hydrogen-bond acceptors (Lipinski definition) is 3. The van der Waals surface area contributed by atoms with Gasteiger partial charge in [-0.1, -0.05) is 23.2 Å². The minimum absolute atomic E-state index is 0. The van der Waals surface area contributed by atoms with E-state index in [0.29, 0.717) is 27.9 Å². The molecular weight excluding hydrogens is 370 g/mol. The highest BCUT2D eigenvalue weighted by Crippen LogP contribution is 2.21. The van der Waals surface area contributed by atoms with Crippen LogP contribution < -0.4 is 5.32 Å². The number of rotatable bonds is 5. The zero-order chi connectivity index (χ0) is 14.7. The largest absolute Gasteiger partial charge is 0.344 e. The third kappa shape index (κ3) is 5.18. The van der Waals surface area contributed by atoms with E-state index in [1.807, 2.05) is 7.05 Å². The summed E-state index contributed by atoms with van der Waals surface area (Å²) in [7, 11) is 3.63. The van der Waals surface area contributed by atoms with Crippen LogP contribution in [0.2, 0.25) is 10.0 Å². The summed E-state index contributed by atoms with van der Waals surface area (Å²) in [5.74, 6) is 0.0193. The van der Waals surface area contributed by atoms with Crippen molar-refractivity contribution < 1.29 is 4.79 Å². The zero-order valence-electron chi connectivity index (χ0n) is 12.2. The number of amides is 1. The molecule has 0 aliphatic carbocycles. The minimum Gasteiger partial charge on any atom is -0.344 e. The summed E-state index contributed by atoms with van der Waals surface area (Å²) in [5, 5.41) is 4.01. The predicted molar refractivity (Wildman–Crippen MR) is 95.0 cm³/mol. The number of carbonyl (C=O) groups excluding carboxylic acids is 1. The zero-order valence-corrected chi connectivity index (χ0v) is 15.3. The van der Waals surface area contributed by atoms with E-state index in [9.17, 15) is 4.79 Å². The summed E-state index contributed by atoms with van der Waals surface area (Å²) in [4.78, 5) is 18.1. The van der Waals surface area contributed by atoms with Gasteiger partial charge in [-0.15, -0.1) is 24.8 Å². The van der Waals surface area contributed by atoms with Crippen molar-refractivity contribution in [3.8, 4) is 0 Å². The molecule has 1 N–H and O–H groups in total. The fourth-order valence-corrected chi connectivity index (χ4v) is 2.38. The second-order valence-corrected chi connectivity index (χ2v) is 5.41. The van der Waals surface area contributed by atoms with Crippen LogP contribution in [0.1, 0.15) is 5.69 Å². The molecule has 1 amide bonds. The van der Waals surface area contributed by atoms with Crippen molar-refractivity contribution in [1.82, 2.24) is 19.6 Å². The fraction of sp³-hybridized carbons (Fsp3) is 0.385. The SMILES string of the molecule is CNCCN(C)C(=O)Cc1cn2cc(Cl)cc(Cl)c2n1.Cl.Cl. The lowest BCUT2D eigenvalue weighted by Gasteiger charge is -2.15. The Labute approximate surface area is 151 Å². The van der Waals surface area contributed by atoms with Gasteiger partial charge in [0.25, 0.3) is 0 Å². The Bertz CT molecular complexity index is 632. The molecule has 0 bridgehead atoms. The van der Waals surface area contributed by atoms with Crippen molar-refractivity contribution in [2.45, 2.75) is 6.42 Å². The summed E-state index contributed by atoms with van der Waals surface area (Å²) in [6.07, 6.45) is 3.74.